The zero-order chi connectivity index (χ0) is 17.9. The molecule has 0 aliphatic rings. The van der Waals surface area contributed by atoms with Crippen LogP contribution in [0.4, 0.5) is 0 Å². The maximum Gasteiger partial charge on any atom is 0.203 e. The number of methoxy groups -OCH3 is 3. The molecule has 0 saturated carbocycles. The maximum absolute atomic E-state index is 5.38. The Hall–Kier alpha value is -1.38. The summed E-state index contributed by atoms with van der Waals surface area (Å²) in [5, 5.41) is 6.69. The molecular formula is C18H32IN3O3. The molecule has 0 unspecified atom stereocenters. The van der Waals surface area contributed by atoms with Gasteiger partial charge in [-0.25, -0.2) is 0 Å². The van der Waals surface area contributed by atoms with E-state index in [1.165, 1.54) is 0 Å². The topological polar surface area (TPSA) is 64.1 Å². The Morgan fingerprint density at radius 3 is 1.96 bits per heavy atom. The van der Waals surface area contributed by atoms with Crippen LogP contribution in [0, 0.1) is 5.92 Å². The smallest absolute Gasteiger partial charge is 0.203 e. The number of guanidine groups is 1. The lowest BCUT2D eigenvalue weighted by Gasteiger charge is -2.18. The van der Waals surface area contributed by atoms with Gasteiger partial charge in [0.15, 0.2) is 17.5 Å². The van der Waals surface area contributed by atoms with E-state index in [0.29, 0.717) is 29.7 Å². The Labute approximate surface area is 168 Å². The van der Waals surface area contributed by atoms with Crippen LogP contribution in [0.3, 0.4) is 0 Å². The van der Waals surface area contributed by atoms with Crippen molar-refractivity contribution in [1.82, 2.24) is 10.6 Å². The number of ether oxygens (including phenoxy) is 3. The van der Waals surface area contributed by atoms with Gasteiger partial charge in [-0.15, -0.1) is 24.0 Å². The molecule has 0 amide bonds. The summed E-state index contributed by atoms with van der Waals surface area (Å²) in [6, 6.07) is 3.87. The van der Waals surface area contributed by atoms with E-state index in [4.69, 9.17) is 14.2 Å². The van der Waals surface area contributed by atoms with Crippen molar-refractivity contribution < 1.29 is 14.2 Å². The third kappa shape index (κ3) is 7.17. The number of halogens is 1. The van der Waals surface area contributed by atoms with Crippen LogP contribution in [0.15, 0.2) is 17.1 Å². The second-order valence-electron chi connectivity index (χ2n) is 5.52. The van der Waals surface area contributed by atoms with Gasteiger partial charge < -0.3 is 24.8 Å². The first-order chi connectivity index (χ1) is 11.6. The maximum atomic E-state index is 5.38. The normalized spacial score (nSPS) is 10.9. The first-order valence-electron chi connectivity index (χ1n) is 8.36. The van der Waals surface area contributed by atoms with Crippen molar-refractivity contribution in [3.05, 3.63) is 17.7 Å². The van der Waals surface area contributed by atoms with E-state index in [1.807, 2.05) is 12.1 Å². The molecule has 25 heavy (non-hydrogen) atoms. The molecule has 0 spiro atoms. The molecule has 0 saturated heterocycles. The lowest BCUT2D eigenvalue weighted by atomic mass is 10.0. The van der Waals surface area contributed by atoms with Crippen molar-refractivity contribution in [3.8, 4) is 17.2 Å². The van der Waals surface area contributed by atoms with Crippen molar-refractivity contribution in [2.75, 3.05) is 34.9 Å². The van der Waals surface area contributed by atoms with Crippen molar-refractivity contribution >= 4 is 29.9 Å². The Kier molecular flexibility index (Phi) is 12.2. The summed E-state index contributed by atoms with van der Waals surface area (Å²) < 4.78 is 16.1. The van der Waals surface area contributed by atoms with Crippen LogP contribution in [0.1, 0.15) is 32.3 Å². The number of benzene rings is 1. The van der Waals surface area contributed by atoms with E-state index >= 15 is 0 Å². The number of hydrogen-bond acceptors (Lipinski definition) is 4. The van der Waals surface area contributed by atoms with Gasteiger partial charge >= 0.3 is 0 Å². The fourth-order valence-corrected chi connectivity index (χ4v) is 2.46. The quantitative estimate of drug-likeness (QED) is 0.333. The van der Waals surface area contributed by atoms with Crippen molar-refractivity contribution in [2.45, 2.75) is 33.2 Å². The van der Waals surface area contributed by atoms with E-state index in [9.17, 15) is 0 Å². The Morgan fingerprint density at radius 1 is 1.00 bits per heavy atom. The summed E-state index contributed by atoms with van der Waals surface area (Å²) >= 11 is 0. The number of rotatable bonds is 9. The van der Waals surface area contributed by atoms with Crippen LogP contribution in [0.2, 0.25) is 0 Å². The first-order valence-corrected chi connectivity index (χ1v) is 8.36. The molecule has 0 aliphatic carbocycles. The van der Waals surface area contributed by atoms with Gasteiger partial charge in [0.25, 0.3) is 0 Å². The van der Waals surface area contributed by atoms with Crippen molar-refractivity contribution in [1.29, 1.82) is 0 Å². The lowest BCUT2D eigenvalue weighted by molar-refractivity contribution is 0.323. The first kappa shape index (κ1) is 23.6. The Morgan fingerprint density at radius 2 is 1.56 bits per heavy atom. The van der Waals surface area contributed by atoms with Crippen LogP contribution >= 0.6 is 24.0 Å². The van der Waals surface area contributed by atoms with Gasteiger partial charge in [0.05, 0.1) is 21.3 Å². The van der Waals surface area contributed by atoms with Crippen LogP contribution in [-0.2, 0) is 6.54 Å². The SMILES string of the molecule is CCC(CC)CNC(=NC)NCc1cc(OC)c(OC)c(OC)c1.I. The van der Waals surface area contributed by atoms with Gasteiger partial charge in [0.2, 0.25) is 5.75 Å². The molecule has 0 aliphatic heterocycles. The number of nitrogens with zero attached hydrogens (tertiary/aromatic N) is 1. The van der Waals surface area contributed by atoms with Gasteiger partial charge in [-0.2, -0.15) is 0 Å². The molecule has 0 atom stereocenters. The van der Waals surface area contributed by atoms with Gasteiger partial charge in [-0.1, -0.05) is 26.7 Å². The van der Waals surface area contributed by atoms with Crippen LogP contribution < -0.4 is 24.8 Å². The highest BCUT2D eigenvalue weighted by Crippen LogP contribution is 2.38. The molecule has 0 aromatic heterocycles. The summed E-state index contributed by atoms with van der Waals surface area (Å²) in [5.41, 5.74) is 1.02. The van der Waals surface area contributed by atoms with Gasteiger partial charge in [0.1, 0.15) is 0 Å². The predicted octanol–water partition coefficient (Wildman–Crippen LogP) is 3.43. The highest BCUT2D eigenvalue weighted by molar-refractivity contribution is 14.0. The monoisotopic (exact) mass is 465 g/mol. The molecule has 144 valence electrons. The molecule has 1 aromatic rings. The molecule has 0 fully saturated rings. The minimum atomic E-state index is 0. The lowest BCUT2D eigenvalue weighted by Crippen LogP contribution is -2.39. The van der Waals surface area contributed by atoms with Gasteiger partial charge in [0, 0.05) is 20.1 Å². The average molecular weight is 465 g/mol. The molecule has 1 aromatic carbocycles. The number of aliphatic imine (C=N–C) groups is 1. The van der Waals surface area contributed by atoms with Gasteiger partial charge in [-0.05, 0) is 23.6 Å². The fourth-order valence-electron chi connectivity index (χ4n) is 2.46. The zero-order valence-corrected chi connectivity index (χ0v) is 18.5. The third-order valence-corrected chi connectivity index (χ3v) is 4.12. The number of nitrogens with one attached hydrogen (secondary N) is 2. The van der Waals surface area contributed by atoms with Crippen LogP contribution in [-0.4, -0.2) is 40.9 Å². The molecule has 0 bridgehead atoms. The second-order valence-corrected chi connectivity index (χ2v) is 5.52. The summed E-state index contributed by atoms with van der Waals surface area (Å²) in [5.74, 6) is 3.34. The fraction of sp³-hybridized carbons (Fsp3) is 0.611. The van der Waals surface area contributed by atoms with E-state index in [-0.39, 0.29) is 24.0 Å². The standard InChI is InChI=1S/C18H31N3O3.HI/c1-7-13(8-2)11-20-18(19-3)21-12-14-9-15(22-4)17(24-6)16(10-14)23-5;/h9-10,13H,7-8,11-12H2,1-6H3,(H2,19,20,21);1H. The van der Waals surface area contributed by atoms with E-state index in [2.05, 4.69) is 29.5 Å². The zero-order valence-electron chi connectivity index (χ0n) is 16.1. The average Bonchev–Trinajstić information content (AvgIpc) is 2.63. The van der Waals surface area contributed by atoms with Crippen molar-refractivity contribution in [2.24, 2.45) is 10.9 Å². The van der Waals surface area contributed by atoms with E-state index < -0.39 is 0 Å². The summed E-state index contributed by atoms with van der Waals surface area (Å²) in [7, 11) is 6.61. The minimum Gasteiger partial charge on any atom is -0.493 e. The predicted molar refractivity (Wildman–Crippen MR) is 114 cm³/mol. The second kappa shape index (κ2) is 12.9. The largest absolute Gasteiger partial charge is 0.493 e. The minimum absolute atomic E-state index is 0. The molecule has 2 N–H and O–H groups in total. The summed E-state index contributed by atoms with van der Waals surface area (Å²) in [6.45, 7) is 5.95. The summed E-state index contributed by atoms with van der Waals surface area (Å²) in [6.07, 6.45) is 2.32. The van der Waals surface area contributed by atoms with Gasteiger partial charge in [-0.3, -0.25) is 4.99 Å². The Balaban J connectivity index is 0.00000576. The summed E-state index contributed by atoms with van der Waals surface area (Å²) in [4.78, 5) is 4.27. The van der Waals surface area contributed by atoms with Crippen molar-refractivity contribution in [3.63, 3.8) is 0 Å². The van der Waals surface area contributed by atoms with Crippen LogP contribution in [0.5, 0.6) is 17.2 Å². The van der Waals surface area contributed by atoms with Crippen LogP contribution in [0.25, 0.3) is 0 Å². The highest BCUT2D eigenvalue weighted by Gasteiger charge is 2.13. The third-order valence-electron chi connectivity index (χ3n) is 4.12. The molecule has 1 rings (SSSR count). The molecular weight excluding hydrogens is 433 g/mol. The molecule has 6 nitrogen and oxygen atoms in total. The van der Waals surface area contributed by atoms with E-state index in [1.54, 1.807) is 28.4 Å². The number of hydrogen-bond donors (Lipinski definition) is 2. The molecule has 0 radical (unpaired) electrons. The molecule has 7 heteroatoms. The van der Waals surface area contributed by atoms with E-state index in [0.717, 1.165) is 30.9 Å². The highest BCUT2D eigenvalue weighted by atomic mass is 127. The molecule has 0 heterocycles. The Bertz CT molecular complexity index is 509.